The normalized spacial score (nSPS) is 10.4. The second-order valence-corrected chi connectivity index (χ2v) is 5.00. The van der Waals surface area contributed by atoms with Crippen molar-refractivity contribution in [3.05, 3.63) is 64.7 Å². The smallest absolute Gasteiger partial charge is 0.119 e. The molecule has 2 rings (SSSR count). The van der Waals surface area contributed by atoms with E-state index in [0.29, 0.717) is 6.61 Å². The summed E-state index contributed by atoms with van der Waals surface area (Å²) in [6.45, 7) is 4.88. The van der Waals surface area contributed by atoms with Gasteiger partial charge >= 0.3 is 0 Å². The Morgan fingerprint density at radius 3 is 2.11 bits per heavy atom. The lowest BCUT2D eigenvalue weighted by Crippen LogP contribution is -2.00. The number of halogens is 1. The molecule has 1 nitrogen and oxygen atoms in total. The maximum atomic E-state index is 5.84. The molecule has 0 aromatic heterocycles. The number of rotatable bonds is 4. The summed E-state index contributed by atoms with van der Waals surface area (Å²) in [5.74, 6) is 0.919. The van der Waals surface area contributed by atoms with Crippen molar-refractivity contribution in [2.75, 3.05) is 0 Å². The maximum absolute atomic E-state index is 5.84. The van der Waals surface area contributed by atoms with E-state index in [1.165, 1.54) is 22.3 Å². The highest BCUT2D eigenvalue weighted by Crippen LogP contribution is 2.18. The predicted molar refractivity (Wildman–Crippen MR) is 79.3 cm³/mol. The molecule has 94 valence electrons. The molecule has 0 saturated carbocycles. The quantitative estimate of drug-likeness (QED) is 0.739. The van der Waals surface area contributed by atoms with Crippen molar-refractivity contribution in [3.8, 4) is 5.75 Å². The first-order chi connectivity index (χ1) is 8.70. The van der Waals surface area contributed by atoms with Crippen LogP contribution in [0.2, 0.25) is 0 Å². The summed E-state index contributed by atoms with van der Waals surface area (Å²) in [4.78, 5) is 0. The molecule has 0 bridgehead atoms. The Hall–Kier alpha value is -1.28. The third kappa shape index (κ3) is 3.14. The average molecular weight is 305 g/mol. The number of hydrogen-bond donors (Lipinski definition) is 0. The molecule has 0 unspecified atom stereocenters. The van der Waals surface area contributed by atoms with Crippen molar-refractivity contribution < 1.29 is 4.74 Å². The van der Waals surface area contributed by atoms with Crippen LogP contribution in [0.5, 0.6) is 5.75 Å². The molecule has 0 saturated heterocycles. The van der Waals surface area contributed by atoms with Gasteiger partial charge in [-0.2, -0.15) is 0 Å². The van der Waals surface area contributed by atoms with Gasteiger partial charge in [0.2, 0.25) is 0 Å². The first kappa shape index (κ1) is 13.2. The summed E-state index contributed by atoms with van der Waals surface area (Å²) in [5, 5.41) is 0.879. The van der Waals surface area contributed by atoms with E-state index >= 15 is 0 Å². The fraction of sp³-hybridized carbons (Fsp3) is 0.250. The van der Waals surface area contributed by atoms with Crippen LogP contribution in [-0.2, 0) is 11.9 Å². The first-order valence-electron chi connectivity index (χ1n) is 6.03. The zero-order valence-corrected chi connectivity index (χ0v) is 12.3. The lowest BCUT2D eigenvalue weighted by atomic mass is 10.0. The van der Waals surface area contributed by atoms with Gasteiger partial charge in [0.1, 0.15) is 12.4 Å². The second kappa shape index (κ2) is 6.05. The van der Waals surface area contributed by atoms with E-state index in [1.807, 2.05) is 12.1 Å². The molecule has 0 aliphatic heterocycles. The monoisotopic (exact) mass is 304 g/mol. The highest BCUT2D eigenvalue weighted by Gasteiger charge is 2.03. The average Bonchev–Trinajstić information content (AvgIpc) is 2.39. The molecule has 0 atom stereocenters. The van der Waals surface area contributed by atoms with Crippen molar-refractivity contribution in [1.82, 2.24) is 0 Å². The number of ether oxygens (including phenoxy) is 1. The minimum atomic E-state index is 0.631. The summed E-state index contributed by atoms with van der Waals surface area (Å²) in [5.41, 5.74) is 5.11. The maximum Gasteiger partial charge on any atom is 0.119 e. The van der Waals surface area contributed by atoms with Crippen molar-refractivity contribution in [3.63, 3.8) is 0 Å². The van der Waals surface area contributed by atoms with Gasteiger partial charge in [0.25, 0.3) is 0 Å². The molecule has 0 aliphatic rings. The van der Waals surface area contributed by atoms with Crippen LogP contribution in [0.25, 0.3) is 0 Å². The van der Waals surface area contributed by atoms with Gasteiger partial charge in [-0.25, -0.2) is 0 Å². The molecule has 0 N–H and O–H groups in total. The molecule has 0 heterocycles. The molecule has 0 fully saturated rings. The van der Waals surface area contributed by atoms with Gasteiger partial charge in [0.15, 0.2) is 0 Å². The van der Waals surface area contributed by atoms with E-state index in [0.717, 1.165) is 11.1 Å². The van der Waals surface area contributed by atoms with Crippen LogP contribution in [0.1, 0.15) is 22.3 Å². The van der Waals surface area contributed by atoms with Gasteiger partial charge in [-0.3, -0.25) is 0 Å². The number of benzene rings is 2. The molecule has 2 aromatic rings. The first-order valence-corrected chi connectivity index (χ1v) is 7.15. The van der Waals surface area contributed by atoms with Crippen LogP contribution < -0.4 is 4.74 Å². The minimum absolute atomic E-state index is 0.631. The predicted octanol–water partition coefficient (Wildman–Crippen LogP) is 4.78. The largest absolute Gasteiger partial charge is 0.489 e. The summed E-state index contributed by atoms with van der Waals surface area (Å²) in [6.07, 6.45) is 0. The van der Waals surface area contributed by atoms with E-state index in [9.17, 15) is 0 Å². The van der Waals surface area contributed by atoms with Crippen LogP contribution >= 0.6 is 15.9 Å². The fourth-order valence-corrected chi connectivity index (χ4v) is 2.28. The highest BCUT2D eigenvalue weighted by molar-refractivity contribution is 9.08. The van der Waals surface area contributed by atoms with Crippen LogP contribution in [0.3, 0.4) is 0 Å². The Morgan fingerprint density at radius 1 is 0.944 bits per heavy atom. The SMILES string of the molecule is Cc1cccc(C)c1COc1ccc(CBr)cc1. The molecule has 2 aromatic carbocycles. The van der Waals surface area contributed by atoms with Gasteiger partial charge in [0.05, 0.1) is 0 Å². The van der Waals surface area contributed by atoms with Crippen LogP contribution in [-0.4, -0.2) is 0 Å². The van der Waals surface area contributed by atoms with Gasteiger partial charge in [-0.1, -0.05) is 46.3 Å². The van der Waals surface area contributed by atoms with Crippen molar-refractivity contribution in [2.45, 2.75) is 25.8 Å². The third-order valence-corrected chi connectivity index (χ3v) is 3.75. The lowest BCUT2D eigenvalue weighted by Gasteiger charge is -2.11. The molecular weight excluding hydrogens is 288 g/mol. The Bertz CT molecular complexity index is 497. The van der Waals surface area contributed by atoms with E-state index < -0.39 is 0 Å². The number of hydrogen-bond acceptors (Lipinski definition) is 1. The number of alkyl halides is 1. The summed E-state index contributed by atoms with van der Waals surface area (Å²) in [6, 6.07) is 14.5. The van der Waals surface area contributed by atoms with E-state index in [-0.39, 0.29) is 0 Å². The second-order valence-electron chi connectivity index (χ2n) is 4.44. The molecular formula is C16H17BrO. The molecule has 0 spiro atoms. The van der Waals surface area contributed by atoms with Crippen molar-refractivity contribution in [1.29, 1.82) is 0 Å². The van der Waals surface area contributed by atoms with Gasteiger partial charge in [-0.15, -0.1) is 0 Å². The Labute approximate surface area is 117 Å². The Morgan fingerprint density at radius 2 is 1.56 bits per heavy atom. The van der Waals surface area contributed by atoms with Gasteiger partial charge in [-0.05, 0) is 48.2 Å². The van der Waals surface area contributed by atoms with E-state index in [1.54, 1.807) is 0 Å². The van der Waals surface area contributed by atoms with Crippen LogP contribution in [0, 0.1) is 13.8 Å². The standard InChI is InChI=1S/C16H17BrO/c1-12-4-3-5-13(2)16(12)11-18-15-8-6-14(10-17)7-9-15/h3-9H,10-11H2,1-2H3. The van der Waals surface area contributed by atoms with Crippen LogP contribution in [0.4, 0.5) is 0 Å². The summed E-state index contributed by atoms with van der Waals surface area (Å²) in [7, 11) is 0. The lowest BCUT2D eigenvalue weighted by molar-refractivity contribution is 0.304. The topological polar surface area (TPSA) is 9.23 Å². The Kier molecular flexibility index (Phi) is 4.43. The van der Waals surface area contributed by atoms with Gasteiger partial charge < -0.3 is 4.74 Å². The highest BCUT2D eigenvalue weighted by atomic mass is 79.9. The summed E-state index contributed by atoms with van der Waals surface area (Å²) < 4.78 is 5.84. The van der Waals surface area contributed by atoms with Crippen molar-refractivity contribution in [2.24, 2.45) is 0 Å². The molecule has 0 amide bonds. The minimum Gasteiger partial charge on any atom is -0.489 e. The van der Waals surface area contributed by atoms with E-state index in [2.05, 4.69) is 60.1 Å². The third-order valence-electron chi connectivity index (χ3n) is 3.11. The molecule has 18 heavy (non-hydrogen) atoms. The number of aryl methyl sites for hydroxylation is 2. The summed E-state index contributed by atoms with van der Waals surface area (Å²) >= 11 is 3.44. The Balaban J connectivity index is 2.06. The molecule has 2 heteroatoms. The van der Waals surface area contributed by atoms with Gasteiger partial charge in [0, 0.05) is 5.33 Å². The zero-order chi connectivity index (χ0) is 13.0. The fourth-order valence-electron chi connectivity index (χ4n) is 1.91. The zero-order valence-electron chi connectivity index (χ0n) is 10.7. The van der Waals surface area contributed by atoms with E-state index in [4.69, 9.17) is 4.74 Å². The van der Waals surface area contributed by atoms with Crippen molar-refractivity contribution >= 4 is 15.9 Å². The van der Waals surface area contributed by atoms with Crippen LogP contribution in [0.15, 0.2) is 42.5 Å². The molecule has 0 radical (unpaired) electrons. The molecule has 0 aliphatic carbocycles.